The first-order valence-electron chi connectivity index (χ1n) is 3.46. The summed E-state index contributed by atoms with van der Waals surface area (Å²) in [4.78, 5) is 0. The maximum absolute atomic E-state index is 10.8. The van der Waals surface area contributed by atoms with Gasteiger partial charge in [-0.2, -0.15) is 0 Å². The van der Waals surface area contributed by atoms with Crippen molar-refractivity contribution in [2.45, 2.75) is 0 Å². The van der Waals surface area contributed by atoms with Gasteiger partial charge in [-0.1, -0.05) is 24.3 Å². The van der Waals surface area contributed by atoms with Crippen molar-refractivity contribution in [3.8, 4) is 0 Å². The van der Waals surface area contributed by atoms with E-state index in [9.17, 15) is 5.21 Å². The summed E-state index contributed by atoms with van der Waals surface area (Å²) in [7, 11) is 0. The molecule has 1 aromatic carbocycles. The predicted octanol–water partition coefficient (Wildman–Crippen LogP) is 0.787. The van der Waals surface area contributed by atoms with Gasteiger partial charge in [-0.3, -0.25) is 0 Å². The largest absolute Gasteiger partial charge is 0.586 e. The van der Waals surface area contributed by atoms with Crippen molar-refractivity contribution >= 4 is 23.6 Å². The average Bonchev–Trinajstić information content (AvgIpc) is 2.29. The molecule has 0 saturated heterocycles. The highest BCUT2D eigenvalue weighted by Crippen LogP contribution is 2.04. The monoisotopic (exact) mass is 178 g/mol. The minimum atomic E-state index is 0.583. The molecule has 2 rings (SSSR count). The molecule has 4 heteroatoms. The fourth-order valence-electron chi connectivity index (χ4n) is 0.974. The van der Waals surface area contributed by atoms with Gasteiger partial charge in [0.05, 0.1) is 5.41 Å². The molecule has 12 heavy (non-hydrogen) atoms. The molecule has 0 bridgehead atoms. The standard InChI is InChI=1S/C8H6N2OS/c11-10-9-5-7-3-1-2-4-8(7)6-12-10/h1-6H. The van der Waals surface area contributed by atoms with Crippen LogP contribution in [0.25, 0.3) is 11.6 Å². The second-order valence-electron chi connectivity index (χ2n) is 2.33. The number of rotatable bonds is 0. The second-order valence-corrected chi connectivity index (χ2v) is 3.09. The van der Waals surface area contributed by atoms with E-state index < -0.39 is 0 Å². The van der Waals surface area contributed by atoms with Gasteiger partial charge in [0.25, 0.3) is 0 Å². The predicted molar refractivity (Wildman–Crippen MR) is 48.3 cm³/mol. The van der Waals surface area contributed by atoms with Crippen molar-refractivity contribution in [3.05, 3.63) is 39.9 Å². The van der Waals surface area contributed by atoms with Crippen molar-refractivity contribution in [2.75, 3.05) is 0 Å². The third-order valence-electron chi connectivity index (χ3n) is 1.56. The average molecular weight is 178 g/mol. The van der Waals surface area contributed by atoms with Crippen LogP contribution in [-0.4, -0.2) is 4.27 Å². The van der Waals surface area contributed by atoms with Crippen molar-refractivity contribution in [1.29, 1.82) is 0 Å². The molecule has 1 aliphatic rings. The first-order valence-corrected chi connectivity index (χ1v) is 4.30. The topological polar surface area (TPSA) is 38.4 Å². The van der Waals surface area contributed by atoms with E-state index in [-0.39, 0.29) is 0 Å². The van der Waals surface area contributed by atoms with Gasteiger partial charge >= 0.3 is 0 Å². The van der Waals surface area contributed by atoms with E-state index in [1.54, 1.807) is 11.6 Å². The maximum Gasteiger partial charge on any atom is 0.232 e. The van der Waals surface area contributed by atoms with E-state index in [1.807, 2.05) is 24.3 Å². The fraction of sp³-hybridized carbons (Fsp3) is 0. The quantitative estimate of drug-likeness (QED) is 0.334. The molecule has 0 unspecified atom stereocenters. The number of benzene rings is 1. The fourth-order valence-corrected chi connectivity index (χ4v) is 1.49. The van der Waals surface area contributed by atoms with Gasteiger partial charge in [0.1, 0.15) is 6.20 Å². The molecule has 1 heterocycles. The van der Waals surface area contributed by atoms with E-state index in [0.717, 1.165) is 22.4 Å². The summed E-state index contributed by atoms with van der Waals surface area (Å²) in [6, 6.07) is 7.73. The van der Waals surface area contributed by atoms with Crippen LogP contribution in [-0.2, 0) is 0 Å². The van der Waals surface area contributed by atoms with Gasteiger partial charge in [0.15, 0.2) is 0 Å². The maximum atomic E-state index is 10.8. The van der Waals surface area contributed by atoms with Crippen LogP contribution in [0.3, 0.4) is 0 Å². The Morgan fingerprint density at radius 3 is 2.83 bits per heavy atom. The number of nitrogens with zero attached hydrogens (tertiary/aromatic N) is 2. The van der Waals surface area contributed by atoms with Crippen LogP contribution in [0.4, 0.5) is 0 Å². The molecule has 1 aromatic rings. The normalized spacial score (nSPS) is 14.8. The Hall–Kier alpha value is -1.29. The zero-order valence-corrected chi connectivity index (χ0v) is 6.99. The van der Waals surface area contributed by atoms with Crippen LogP contribution in [0.1, 0.15) is 0 Å². The van der Waals surface area contributed by atoms with Gasteiger partial charge in [0, 0.05) is 10.3 Å². The van der Waals surface area contributed by atoms with Crippen molar-refractivity contribution in [1.82, 2.24) is 0 Å². The Morgan fingerprint density at radius 2 is 2.00 bits per heavy atom. The van der Waals surface area contributed by atoms with Crippen LogP contribution in [0.2, 0.25) is 0 Å². The number of hydrogen-bond donors (Lipinski definition) is 0. The van der Waals surface area contributed by atoms with Crippen LogP contribution in [0, 0.1) is 5.21 Å². The molecule has 0 amide bonds. The van der Waals surface area contributed by atoms with Gasteiger partial charge in [-0.25, -0.2) is 0 Å². The van der Waals surface area contributed by atoms with Crippen molar-refractivity contribution < 1.29 is 4.27 Å². The highest BCUT2D eigenvalue weighted by Gasteiger charge is 1.97. The summed E-state index contributed by atoms with van der Waals surface area (Å²) >= 11 is 1.04. The highest BCUT2D eigenvalue weighted by molar-refractivity contribution is 8.00. The molecule has 0 spiro atoms. The lowest BCUT2D eigenvalue weighted by molar-refractivity contribution is -0.336. The number of hydrogen-bond acceptors (Lipinski definition) is 3. The molecular formula is C8H6N2OS. The summed E-state index contributed by atoms with van der Waals surface area (Å²) in [6.07, 6.45) is 1.57. The minimum absolute atomic E-state index is 0.583. The third-order valence-corrected chi connectivity index (χ3v) is 2.19. The van der Waals surface area contributed by atoms with Gasteiger partial charge in [-0.15, -0.1) is 0 Å². The highest BCUT2D eigenvalue weighted by atomic mass is 32.2. The summed E-state index contributed by atoms with van der Waals surface area (Å²) in [5.74, 6) is 0. The molecule has 0 saturated carbocycles. The first kappa shape index (κ1) is 7.36. The second kappa shape index (κ2) is 2.98. The molecule has 0 radical (unpaired) electrons. The van der Waals surface area contributed by atoms with Crippen LogP contribution in [0.5, 0.6) is 0 Å². The molecule has 0 fully saturated rings. The molecule has 1 aliphatic heterocycles. The van der Waals surface area contributed by atoms with Crippen LogP contribution < -0.4 is 10.4 Å². The van der Waals surface area contributed by atoms with E-state index >= 15 is 0 Å². The van der Waals surface area contributed by atoms with E-state index in [1.165, 1.54) is 0 Å². The molecule has 0 aromatic heterocycles. The summed E-state index contributed by atoms with van der Waals surface area (Å²) < 4.78 is 0.583. The summed E-state index contributed by atoms with van der Waals surface area (Å²) in [6.45, 7) is 0. The third kappa shape index (κ3) is 1.33. The van der Waals surface area contributed by atoms with Crippen molar-refractivity contribution in [2.24, 2.45) is 5.11 Å². The summed E-state index contributed by atoms with van der Waals surface area (Å²) in [5.41, 5.74) is 0. The zero-order valence-electron chi connectivity index (χ0n) is 6.18. The molecule has 3 nitrogen and oxygen atoms in total. The Morgan fingerprint density at radius 1 is 1.25 bits per heavy atom. The van der Waals surface area contributed by atoms with Gasteiger partial charge in [0.2, 0.25) is 11.9 Å². The van der Waals surface area contributed by atoms with Gasteiger partial charge < -0.3 is 5.21 Å². The first-order chi connectivity index (χ1) is 5.86. The molecule has 60 valence electrons. The van der Waals surface area contributed by atoms with Crippen LogP contribution in [0.15, 0.2) is 29.4 Å². The SMILES string of the molecule is [O-][N+]1=NC=c2ccccc2=CS1. The molecule has 0 N–H and O–H groups in total. The van der Waals surface area contributed by atoms with E-state index in [4.69, 9.17) is 0 Å². The zero-order chi connectivity index (χ0) is 8.39. The minimum Gasteiger partial charge on any atom is -0.586 e. The van der Waals surface area contributed by atoms with E-state index in [2.05, 4.69) is 5.11 Å². The Labute approximate surface area is 73.4 Å². The molecule has 0 atom stereocenters. The van der Waals surface area contributed by atoms with E-state index in [0.29, 0.717) is 4.27 Å². The molecular weight excluding hydrogens is 172 g/mol. The Bertz CT molecular complexity index is 439. The Balaban J connectivity index is 2.72. The lowest BCUT2D eigenvalue weighted by atomic mass is 10.3. The molecule has 0 aliphatic carbocycles. The van der Waals surface area contributed by atoms with Crippen molar-refractivity contribution in [3.63, 3.8) is 0 Å². The smallest absolute Gasteiger partial charge is 0.232 e. The lowest BCUT2D eigenvalue weighted by Crippen LogP contribution is -2.22. The Kier molecular flexibility index (Phi) is 1.83. The van der Waals surface area contributed by atoms with Crippen LogP contribution >= 0.6 is 11.9 Å². The van der Waals surface area contributed by atoms with Gasteiger partial charge in [-0.05, 0) is 9.48 Å². The number of fused-ring (bicyclic) bond motifs is 1. The summed E-state index contributed by atoms with van der Waals surface area (Å²) in [5, 5.41) is 18.2. The lowest BCUT2D eigenvalue weighted by Gasteiger charge is -1.86.